The van der Waals surface area contributed by atoms with Gasteiger partial charge in [0.25, 0.3) is 0 Å². The van der Waals surface area contributed by atoms with Crippen LogP contribution in [0.15, 0.2) is 18.3 Å². The van der Waals surface area contributed by atoms with Gasteiger partial charge in [0.1, 0.15) is 18.7 Å². The molecule has 0 aromatic carbocycles. The molecule has 3 rings (SSSR count). The molecule has 3 heterocycles. The zero-order valence-corrected chi connectivity index (χ0v) is 13.6. The Labute approximate surface area is 133 Å². The molecule has 0 amide bonds. The Morgan fingerprint density at radius 3 is 2.35 bits per heavy atom. The molecule has 9 heteroatoms. The van der Waals surface area contributed by atoms with Crippen LogP contribution in [0, 0.1) is 0 Å². The predicted octanol–water partition coefficient (Wildman–Crippen LogP) is -0.0226. The topological polar surface area (TPSA) is 83.8 Å². The second-order valence-corrected chi connectivity index (χ2v) is 7.23. The van der Waals surface area contributed by atoms with Crippen molar-refractivity contribution in [3.63, 3.8) is 0 Å². The molecule has 1 aromatic rings. The maximum Gasteiger partial charge on any atom is 0.630 e. The van der Waals surface area contributed by atoms with Crippen LogP contribution in [0.5, 0.6) is 0 Å². The predicted molar refractivity (Wildman–Crippen MR) is 79.6 cm³/mol. The van der Waals surface area contributed by atoms with Gasteiger partial charge < -0.3 is 18.4 Å². The van der Waals surface area contributed by atoms with Gasteiger partial charge in [-0.25, -0.2) is 4.79 Å². The van der Waals surface area contributed by atoms with Crippen molar-refractivity contribution in [3.05, 3.63) is 18.3 Å². The lowest BCUT2D eigenvalue weighted by Crippen LogP contribution is -2.69. The van der Waals surface area contributed by atoms with Crippen LogP contribution in [0.1, 0.15) is 20.8 Å². The highest BCUT2D eigenvalue weighted by Gasteiger charge is 2.67. The third-order valence-corrected chi connectivity index (χ3v) is 4.13. The van der Waals surface area contributed by atoms with Crippen LogP contribution in [-0.4, -0.2) is 59.4 Å². The molecule has 1 aromatic heterocycles. The molecule has 2 fully saturated rings. The van der Waals surface area contributed by atoms with E-state index in [1.807, 2.05) is 0 Å². The van der Waals surface area contributed by atoms with Crippen molar-refractivity contribution in [3.8, 4) is 0 Å². The molecule has 124 valence electrons. The van der Waals surface area contributed by atoms with Crippen molar-refractivity contribution >= 4 is 30.3 Å². The second kappa shape index (κ2) is 4.61. The number of hydrogen-bond acceptors (Lipinski definition) is 6. The number of hydrogen-bond donors (Lipinski definition) is 0. The molecule has 0 radical (unpaired) electrons. The van der Waals surface area contributed by atoms with Crippen LogP contribution >= 0.6 is 0 Å². The molecule has 0 unspecified atom stereocenters. The maximum atomic E-state index is 12.4. The monoisotopic (exact) mass is 322 g/mol. The molecular weight excluding hydrogens is 303 g/mol. The molecule has 2 aliphatic heterocycles. The quantitative estimate of drug-likeness (QED) is 0.676. The molecule has 0 bridgehead atoms. The van der Waals surface area contributed by atoms with Gasteiger partial charge in [-0.1, -0.05) is 6.07 Å². The van der Waals surface area contributed by atoms with E-state index in [9.17, 15) is 14.4 Å². The van der Waals surface area contributed by atoms with Gasteiger partial charge in [0.15, 0.2) is 0 Å². The Morgan fingerprint density at radius 1 is 1.26 bits per heavy atom. The summed E-state index contributed by atoms with van der Waals surface area (Å²) >= 11 is 0. The molecule has 0 N–H and O–H groups in total. The van der Waals surface area contributed by atoms with E-state index in [2.05, 4.69) is 0 Å². The second-order valence-electron chi connectivity index (χ2n) is 7.23. The minimum Gasteiger partial charge on any atom is -0.595 e. The van der Waals surface area contributed by atoms with E-state index in [0.29, 0.717) is 5.59 Å². The molecule has 23 heavy (non-hydrogen) atoms. The highest BCUT2D eigenvalue weighted by molar-refractivity contribution is 6.78. The van der Waals surface area contributed by atoms with Crippen molar-refractivity contribution in [1.29, 1.82) is 0 Å². The number of aromatic nitrogens is 1. The first-order valence-corrected chi connectivity index (χ1v) is 7.39. The van der Waals surface area contributed by atoms with E-state index in [0.717, 1.165) is 0 Å². The number of carbonyl (C=O) groups excluding carboxylic acids is 3. The average Bonchev–Trinajstić information content (AvgIpc) is 2.96. The fourth-order valence-electron chi connectivity index (χ4n) is 3.20. The minimum absolute atomic E-state index is 0.0191. The summed E-state index contributed by atoms with van der Waals surface area (Å²) in [7, 11) is 1.71. The first-order chi connectivity index (χ1) is 10.6. The Bertz CT molecular complexity index is 684. The van der Waals surface area contributed by atoms with Gasteiger partial charge in [0.2, 0.25) is 0 Å². The van der Waals surface area contributed by atoms with E-state index in [-0.39, 0.29) is 17.5 Å². The van der Waals surface area contributed by atoms with Gasteiger partial charge in [0.05, 0.1) is 0 Å². The normalized spacial score (nSPS) is 29.9. The molecule has 0 saturated carbocycles. The molecular formula is C14H19BN2O6. The van der Waals surface area contributed by atoms with Gasteiger partial charge in [-0.15, -0.1) is 0 Å². The molecule has 0 spiro atoms. The van der Waals surface area contributed by atoms with Crippen LogP contribution in [0.4, 0.5) is 4.79 Å². The zero-order chi connectivity index (χ0) is 17.0. The van der Waals surface area contributed by atoms with E-state index in [4.69, 9.17) is 14.0 Å². The highest BCUT2D eigenvalue weighted by Crippen LogP contribution is 2.33. The summed E-state index contributed by atoms with van der Waals surface area (Å²) in [6.45, 7) is 2.84. The van der Waals surface area contributed by atoms with Crippen molar-refractivity contribution in [2.75, 3.05) is 20.1 Å². The van der Waals surface area contributed by atoms with Gasteiger partial charge in [0, 0.05) is 18.8 Å². The third-order valence-electron chi connectivity index (χ3n) is 4.13. The van der Waals surface area contributed by atoms with E-state index in [1.165, 1.54) is 10.8 Å². The van der Waals surface area contributed by atoms with Gasteiger partial charge >= 0.3 is 24.7 Å². The number of ether oxygens (including phenoxy) is 1. The number of carbonyl (C=O) groups is 3. The van der Waals surface area contributed by atoms with E-state index < -0.39 is 30.3 Å². The fraction of sp³-hybridized carbons (Fsp3) is 0.500. The Morgan fingerprint density at radius 2 is 1.83 bits per heavy atom. The molecule has 2 saturated heterocycles. The number of quaternary nitrogens is 1. The van der Waals surface area contributed by atoms with Crippen LogP contribution < -0.4 is 5.59 Å². The summed E-state index contributed by atoms with van der Waals surface area (Å²) in [6, 6.07) is 3.23. The van der Waals surface area contributed by atoms with Crippen LogP contribution in [0.2, 0.25) is 0 Å². The Hall–Kier alpha value is -2.29. The summed E-state index contributed by atoms with van der Waals surface area (Å²) in [5, 5.41) is 0. The first kappa shape index (κ1) is 15.6. The summed E-state index contributed by atoms with van der Waals surface area (Å²) in [5.74, 6) is -0.922. The highest BCUT2D eigenvalue weighted by atomic mass is 16.7. The standard InChI is InChI=1S/C14H19BN2O6/c1-14(2,3)21-13(20)16-7-5-6-10(16)15-17(4,8-11(18)22-15)9-12(19)23-15/h5-7H,8-9H2,1-4H3. The molecule has 2 aliphatic rings. The van der Waals surface area contributed by atoms with Crippen LogP contribution in [0.3, 0.4) is 0 Å². The lowest BCUT2D eigenvalue weighted by molar-refractivity contribution is -0.791. The maximum absolute atomic E-state index is 12.4. The van der Waals surface area contributed by atoms with Crippen molar-refractivity contribution in [2.45, 2.75) is 26.4 Å². The molecule has 8 nitrogen and oxygen atoms in total. The van der Waals surface area contributed by atoms with Crippen molar-refractivity contribution < 1.29 is 32.8 Å². The smallest absolute Gasteiger partial charge is 0.595 e. The number of rotatable bonds is 1. The van der Waals surface area contributed by atoms with Gasteiger partial charge in [-0.2, -0.15) is 0 Å². The first-order valence-electron chi connectivity index (χ1n) is 7.39. The lowest BCUT2D eigenvalue weighted by atomic mass is 9.64. The third kappa shape index (κ3) is 2.31. The van der Waals surface area contributed by atoms with Crippen molar-refractivity contribution in [1.82, 2.24) is 4.57 Å². The molecule has 0 aliphatic carbocycles. The number of fused-ring (bicyclic) bond motifs is 1. The summed E-state index contributed by atoms with van der Waals surface area (Å²) in [5.41, 5.74) is -0.362. The minimum atomic E-state index is -2.46. The van der Waals surface area contributed by atoms with Crippen LogP contribution in [-0.2, 0) is 23.6 Å². The Kier molecular flexibility index (Phi) is 3.13. The lowest BCUT2D eigenvalue weighted by Gasteiger charge is -2.39. The Balaban J connectivity index is 2.05. The summed E-state index contributed by atoms with van der Waals surface area (Å²) in [6.07, 6.45) is 0.883. The van der Waals surface area contributed by atoms with Gasteiger partial charge in [-0.3, -0.25) is 14.2 Å². The number of nitrogens with zero attached hydrogens (tertiary/aromatic N) is 2. The molecule has 0 atom stereocenters. The SMILES string of the molecule is CC(C)(C)OC(=O)n1cccc1[B-]12OC(=O)C[N+]1(C)CC(=O)O2. The van der Waals surface area contributed by atoms with Gasteiger partial charge in [-0.05, 0) is 26.8 Å². The zero-order valence-electron chi connectivity index (χ0n) is 13.6. The van der Waals surface area contributed by atoms with E-state index in [1.54, 1.807) is 40.0 Å². The fourth-order valence-corrected chi connectivity index (χ4v) is 3.20. The summed E-state index contributed by atoms with van der Waals surface area (Å²) < 4.78 is 17.4. The van der Waals surface area contributed by atoms with E-state index >= 15 is 0 Å². The summed E-state index contributed by atoms with van der Waals surface area (Å²) in [4.78, 5) is 36.1. The van der Waals surface area contributed by atoms with Crippen molar-refractivity contribution in [2.24, 2.45) is 0 Å². The average molecular weight is 322 g/mol. The van der Waals surface area contributed by atoms with Crippen LogP contribution in [0.25, 0.3) is 0 Å². The largest absolute Gasteiger partial charge is 0.630 e. The number of likely N-dealkylation sites (N-methyl/N-ethyl adjacent to an activating group) is 1.